The van der Waals surface area contributed by atoms with Gasteiger partial charge in [-0.15, -0.1) is 0 Å². The molecule has 1 saturated heterocycles. The van der Waals surface area contributed by atoms with E-state index in [0.29, 0.717) is 50.0 Å². The number of hydrogen-bond donors (Lipinski definition) is 3. The summed E-state index contributed by atoms with van der Waals surface area (Å²) in [6.07, 6.45) is 6.73. The van der Waals surface area contributed by atoms with Gasteiger partial charge in [-0.25, -0.2) is 13.2 Å². The van der Waals surface area contributed by atoms with Crippen LogP contribution in [0.2, 0.25) is 0 Å². The van der Waals surface area contributed by atoms with Gasteiger partial charge in [-0.1, -0.05) is 25.0 Å². The molecule has 52 heavy (non-hydrogen) atoms. The lowest BCUT2D eigenvalue weighted by molar-refractivity contribution is -0.153. The number of sulfonamides is 1. The number of benzene rings is 1. The average molecular weight is 743 g/mol. The molecule has 4 amide bonds. The van der Waals surface area contributed by atoms with Crippen LogP contribution in [0.1, 0.15) is 82.8 Å². The SMILES string of the molecule is CC(C)OC(=O)N[C@H]1CCCCC/C=C\[C@@H]2C[C@@]2(C(=O)NS(=O)(=O)C2CC2)NC(=O)C2C[C@@H](OC(=O)C3Cc4cc5c(cc4C3)OCO5)CN2C1=O. The molecule has 3 N–H and O–H groups in total. The number of alkyl carbamates (subject to hydrolysis) is 1. The normalized spacial score (nSPS) is 29.5. The van der Waals surface area contributed by atoms with Gasteiger partial charge in [0.05, 0.1) is 23.8 Å². The topological polar surface area (TPSA) is 196 Å². The number of esters is 1. The van der Waals surface area contributed by atoms with Gasteiger partial charge in [0.15, 0.2) is 11.5 Å². The lowest BCUT2D eigenvalue weighted by atomic mass is 10.0. The Labute approximate surface area is 302 Å². The number of fused-ring (bicyclic) bond motifs is 4. The number of rotatable bonds is 7. The van der Waals surface area contributed by atoms with E-state index in [0.717, 1.165) is 24.0 Å². The maximum Gasteiger partial charge on any atom is 0.408 e. The summed E-state index contributed by atoms with van der Waals surface area (Å²) < 4.78 is 50.0. The summed E-state index contributed by atoms with van der Waals surface area (Å²) in [7, 11) is -3.90. The number of carbonyl (C=O) groups excluding carboxylic acids is 5. The van der Waals surface area contributed by atoms with Gasteiger partial charge in [0, 0.05) is 12.3 Å². The van der Waals surface area contributed by atoms with Crippen molar-refractivity contribution in [3.63, 3.8) is 0 Å². The van der Waals surface area contributed by atoms with Gasteiger partial charge in [-0.3, -0.25) is 23.9 Å². The molecule has 5 atom stereocenters. The molecule has 3 heterocycles. The maximum atomic E-state index is 14.3. The molecule has 0 aromatic heterocycles. The van der Waals surface area contributed by atoms with Crippen LogP contribution in [0.25, 0.3) is 0 Å². The largest absolute Gasteiger partial charge is 0.460 e. The first kappa shape index (κ1) is 36.0. The van der Waals surface area contributed by atoms with Crippen molar-refractivity contribution in [2.24, 2.45) is 11.8 Å². The Balaban J connectivity index is 1.12. The Morgan fingerprint density at radius 3 is 2.40 bits per heavy atom. The van der Waals surface area contributed by atoms with Crippen molar-refractivity contribution in [1.29, 1.82) is 0 Å². The number of hydrogen-bond acceptors (Lipinski definition) is 11. The van der Waals surface area contributed by atoms with Crippen molar-refractivity contribution in [2.45, 2.75) is 120 Å². The van der Waals surface area contributed by atoms with Gasteiger partial charge < -0.3 is 34.5 Å². The minimum absolute atomic E-state index is 0.0549. The van der Waals surface area contributed by atoms with Crippen molar-refractivity contribution >= 4 is 39.8 Å². The molecule has 2 saturated carbocycles. The van der Waals surface area contributed by atoms with Gasteiger partial charge >= 0.3 is 12.1 Å². The molecule has 15 nitrogen and oxygen atoms in total. The summed E-state index contributed by atoms with van der Waals surface area (Å²) in [5.74, 6) is -2.19. The lowest BCUT2D eigenvalue weighted by Gasteiger charge is -2.29. The summed E-state index contributed by atoms with van der Waals surface area (Å²) in [4.78, 5) is 69.7. The standard InChI is InChI=1S/C36H46N4O11S/c1-20(2)50-35(45)37-27-9-7-5-3-4-6-8-24-17-36(24,34(44)39-52(46,47)26-10-11-26)38-31(41)28-16-25(18-40(28)32(27)42)51-33(43)23-12-21-14-29-30(49-19-48-29)15-22(21)13-23/h6,8,14-15,20,23-28H,3-5,7,9-13,16-19H2,1-2H3,(H,37,45)(H,38,41)(H,39,44)/b8-6-/t24-,25-,27+,28?,36-/m1/s1. The highest BCUT2D eigenvalue weighted by Gasteiger charge is 2.62. The fourth-order valence-corrected chi connectivity index (χ4v) is 9.04. The second kappa shape index (κ2) is 14.2. The summed E-state index contributed by atoms with van der Waals surface area (Å²) >= 11 is 0. The molecule has 0 bridgehead atoms. The molecular weight excluding hydrogens is 696 g/mol. The molecule has 0 radical (unpaired) electrons. The second-order valence-electron chi connectivity index (χ2n) is 15.0. The van der Waals surface area contributed by atoms with Crippen LogP contribution in [0.3, 0.4) is 0 Å². The highest BCUT2D eigenvalue weighted by atomic mass is 32.2. The predicted molar refractivity (Wildman–Crippen MR) is 183 cm³/mol. The highest BCUT2D eigenvalue weighted by Crippen LogP contribution is 2.46. The van der Waals surface area contributed by atoms with Crippen LogP contribution in [0.15, 0.2) is 24.3 Å². The van der Waals surface area contributed by atoms with E-state index in [1.165, 1.54) is 4.90 Å². The fraction of sp³-hybridized carbons (Fsp3) is 0.639. The van der Waals surface area contributed by atoms with Gasteiger partial charge in [-0.05, 0) is 88.5 Å². The summed E-state index contributed by atoms with van der Waals surface area (Å²) in [6, 6.07) is 1.55. The zero-order valence-corrected chi connectivity index (χ0v) is 30.2. The van der Waals surface area contributed by atoms with Crippen LogP contribution in [0.4, 0.5) is 4.79 Å². The Bertz CT molecular complexity index is 1740. The van der Waals surface area contributed by atoms with Crippen LogP contribution in [0, 0.1) is 11.8 Å². The maximum absolute atomic E-state index is 14.3. The third kappa shape index (κ3) is 7.57. The van der Waals surface area contributed by atoms with Crippen LogP contribution < -0.4 is 24.8 Å². The Hall–Kier alpha value is -4.34. The molecule has 3 fully saturated rings. The van der Waals surface area contributed by atoms with Crippen LogP contribution in [-0.4, -0.2) is 91.5 Å². The van der Waals surface area contributed by atoms with Crippen molar-refractivity contribution in [2.75, 3.05) is 13.3 Å². The number of carbonyl (C=O) groups is 5. The number of nitrogens with zero attached hydrogens (tertiary/aromatic N) is 1. The molecule has 0 spiro atoms. The van der Waals surface area contributed by atoms with E-state index in [1.54, 1.807) is 13.8 Å². The van der Waals surface area contributed by atoms with E-state index in [1.807, 2.05) is 24.3 Å². The molecule has 7 rings (SSSR count). The summed E-state index contributed by atoms with van der Waals surface area (Å²) in [5.41, 5.74) is 0.394. The van der Waals surface area contributed by atoms with E-state index in [2.05, 4.69) is 15.4 Å². The van der Waals surface area contributed by atoms with Gasteiger partial charge in [-0.2, -0.15) is 0 Å². The first-order chi connectivity index (χ1) is 24.8. The first-order valence-electron chi connectivity index (χ1n) is 18.3. The van der Waals surface area contributed by atoms with Gasteiger partial charge in [0.1, 0.15) is 23.7 Å². The molecule has 16 heteroatoms. The van der Waals surface area contributed by atoms with E-state index >= 15 is 0 Å². The predicted octanol–water partition coefficient (Wildman–Crippen LogP) is 2.15. The Morgan fingerprint density at radius 2 is 1.73 bits per heavy atom. The number of nitrogens with one attached hydrogen (secondary N) is 3. The van der Waals surface area contributed by atoms with Crippen LogP contribution in [-0.2, 0) is 51.5 Å². The molecule has 1 unspecified atom stereocenters. The third-order valence-corrected chi connectivity index (χ3v) is 12.5. The molecular formula is C36H46N4O11S. The number of allylic oxidation sites excluding steroid dienone is 1. The van der Waals surface area contributed by atoms with Crippen molar-refractivity contribution in [1.82, 2.24) is 20.3 Å². The summed E-state index contributed by atoms with van der Waals surface area (Å²) in [5, 5.41) is 4.85. The molecule has 6 aliphatic rings. The van der Waals surface area contributed by atoms with Crippen LogP contribution in [0.5, 0.6) is 11.5 Å². The molecule has 1 aromatic carbocycles. The molecule has 1 aromatic rings. The van der Waals surface area contributed by atoms with E-state index < -0.39 is 86.7 Å². The molecule has 282 valence electrons. The third-order valence-electron chi connectivity index (χ3n) is 10.7. The van der Waals surface area contributed by atoms with Crippen LogP contribution >= 0.6 is 0 Å². The van der Waals surface area contributed by atoms with Crippen molar-refractivity contribution in [3.05, 3.63) is 35.4 Å². The zero-order valence-electron chi connectivity index (χ0n) is 29.4. The zero-order chi connectivity index (χ0) is 36.8. The summed E-state index contributed by atoms with van der Waals surface area (Å²) in [6.45, 7) is 3.41. The average Bonchev–Trinajstić information content (AvgIpc) is 3.90. The highest BCUT2D eigenvalue weighted by molar-refractivity contribution is 7.91. The Kier molecular flexibility index (Phi) is 9.87. The Morgan fingerprint density at radius 1 is 1.02 bits per heavy atom. The first-order valence-corrected chi connectivity index (χ1v) is 19.8. The van der Waals surface area contributed by atoms with E-state index in [4.69, 9.17) is 18.9 Å². The molecule has 3 aliphatic carbocycles. The number of ether oxygens (including phenoxy) is 4. The van der Waals surface area contributed by atoms with E-state index in [-0.39, 0.29) is 32.6 Å². The lowest BCUT2D eigenvalue weighted by Crippen LogP contribution is -2.58. The minimum Gasteiger partial charge on any atom is -0.460 e. The molecule has 3 aliphatic heterocycles. The van der Waals surface area contributed by atoms with Gasteiger partial charge in [0.25, 0.3) is 5.91 Å². The second-order valence-corrected chi connectivity index (χ2v) is 17.0. The fourth-order valence-electron chi connectivity index (χ4n) is 7.67. The number of amides is 4. The quantitative estimate of drug-likeness (QED) is 0.274. The van der Waals surface area contributed by atoms with Crippen molar-refractivity contribution in [3.8, 4) is 11.5 Å². The van der Waals surface area contributed by atoms with E-state index in [9.17, 15) is 32.4 Å². The minimum atomic E-state index is -3.90. The smallest absolute Gasteiger partial charge is 0.408 e. The van der Waals surface area contributed by atoms with Gasteiger partial charge in [0.2, 0.25) is 28.6 Å². The monoisotopic (exact) mass is 742 g/mol. The van der Waals surface area contributed by atoms with Crippen molar-refractivity contribution < 1.29 is 51.3 Å².